The molecule has 0 heterocycles. The van der Waals surface area contributed by atoms with Crippen LogP contribution in [-0.4, -0.2) is 11.7 Å². The zero-order valence-corrected chi connectivity index (χ0v) is 8.71. The molecule has 1 N–H and O–H groups in total. The molecule has 0 radical (unpaired) electrons. The highest BCUT2D eigenvalue weighted by molar-refractivity contribution is 5.02. The van der Waals surface area contributed by atoms with Crippen molar-refractivity contribution in [1.29, 1.82) is 0 Å². The van der Waals surface area contributed by atoms with E-state index in [4.69, 9.17) is 5.11 Å². The van der Waals surface area contributed by atoms with Crippen LogP contribution in [0.15, 0.2) is 24.3 Å². The molecule has 0 saturated carbocycles. The molecule has 0 rings (SSSR count). The predicted molar refractivity (Wildman–Crippen MR) is 58.7 cm³/mol. The van der Waals surface area contributed by atoms with Crippen molar-refractivity contribution >= 4 is 0 Å². The van der Waals surface area contributed by atoms with Crippen molar-refractivity contribution in [2.75, 3.05) is 6.61 Å². The van der Waals surface area contributed by atoms with E-state index in [0.29, 0.717) is 0 Å². The Labute approximate surface area is 82.2 Å². The normalized spacial score (nSPS) is 11.8. The smallest absolute Gasteiger partial charge is 0.0465 e. The molecule has 0 aliphatic rings. The Kier molecular flexibility index (Phi) is 10.9. The van der Waals surface area contributed by atoms with Crippen molar-refractivity contribution < 1.29 is 5.11 Å². The molecule has 0 unspecified atom stereocenters. The third-order valence-electron chi connectivity index (χ3n) is 1.90. The van der Waals surface area contributed by atoms with Gasteiger partial charge in [-0.25, -0.2) is 0 Å². The summed E-state index contributed by atoms with van der Waals surface area (Å²) in [7, 11) is 0. The summed E-state index contributed by atoms with van der Waals surface area (Å²) in [5.41, 5.74) is 0. The van der Waals surface area contributed by atoms with Crippen LogP contribution in [0.3, 0.4) is 0 Å². The van der Waals surface area contributed by atoms with Gasteiger partial charge < -0.3 is 5.11 Å². The molecular weight excluding hydrogens is 160 g/mol. The van der Waals surface area contributed by atoms with Crippen molar-refractivity contribution in [3.8, 4) is 0 Å². The number of hydrogen-bond donors (Lipinski definition) is 1. The van der Waals surface area contributed by atoms with Crippen molar-refractivity contribution in [2.24, 2.45) is 0 Å². The fraction of sp³-hybridized carbons (Fsp3) is 0.667. The van der Waals surface area contributed by atoms with Gasteiger partial charge in [0.25, 0.3) is 0 Å². The quantitative estimate of drug-likeness (QED) is 0.450. The lowest BCUT2D eigenvalue weighted by Gasteiger charge is -1.92. The van der Waals surface area contributed by atoms with E-state index in [1.165, 1.54) is 32.1 Å². The van der Waals surface area contributed by atoms with E-state index >= 15 is 0 Å². The summed E-state index contributed by atoms with van der Waals surface area (Å²) in [6, 6.07) is 0. The summed E-state index contributed by atoms with van der Waals surface area (Å²) in [5, 5.41) is 8.49. The third-order valence-corrected chi connectivity index (χ3v) is 1.90. The summed E-state index contributed by atoms with van der Waals surface area (Å²) in [6.07, 6.45) is 15.5. The van der Waals surface area contributed by atoms with Gasteiger partial charge in [0.1, 0.15) is 0 Å². The number of aliphatic hydroxyl groups excluding tert-OH is 1. The first kappa shape index (κ1) is 12.4. The molecule has 0 aliphatic carbocycles. The van der Waals surface area contributed by atoms with E-state index in [0.717, 1.165) is 6.42 Å². The fourth-order valence-electron chi connectivity index (χ4n) is 1.11. The average molecular weight is 182 g/mol. The number of allylic oxidation sites excluding steroid dienone is 3. The lowest BCUT2D eigenvalue weighted by Crippen LogP contribution is -1.74. The Morgan fingerprint density at radius 1 is 0.923 bits per heavy atom. The third kappa shape index (κ3) is 11.4. The second kappa shape index (κ2) is 11.4. The lowest BCUT2D eigenvalue weighted by molar-refractivity contribution is 0.302. The zero-order valence-electron chi connectivity index (χ0n) is 8.71. The van der Waals surface area contributed by atoms with E-state index in [1.807, 2.05) is 12.2 Å². The molecule has 0 aliphatic heterocycles. The van der Waals surface area contributed by atoms with Crippen LogP contribution in [0.2, 0.25) is 0 Å². The molecule has 0 fully saturated rings. The van der Waals surface area contributed by atoms with Gasteiger partial charge in [-0.05, 0) is 19.3 Å². The minimum Gasteiger partial charge on any atom is -0.396 e. The number of aliphatic hydroxyl groups is 1. The van der Waals surface area contributed by atoms with Crippen molar-refractivity contribution in [3.63, 3.8) is 0 Å². The molecule has 0 amide bonds. The SMILES string of the molecule is CCCCCC/C=C/C=CCCO. The van der Waals surface area contributed by atoms with E-state index in [1.54, 1.807) is 0 Å². The molecule has 0 spiro atoms. The summed E-state index contributed by atoms with van der Waals surface area (Å²) in [6.45, 7) is 2.48. The van der Waals surface area contributed by atoms with Gasteiger partial charge in [-0.3, -0.25) is 0 Å². The molecular formula is C12H22O. The van der Waals surface area contributed by atoms with Crippen LogP contribution in [0.4, 0.5) is 0 Å². The number of rotatable bonds is 8. The van der Waals surface area contributed by atoms with Gasteiger partial charge >= 0.3 is 0 Å². The van der Waals surface area contributed by atoms with Gasteiger partial charge in [-0.15, -0.1) is 0 Å². The highest BCUT2D eigenvalue weighted by atomic mass is 16.2. The van der Waals surface area contributed by atoms with Gasteiger partial charge in [0.2, 0.25) is 0 Å². The first-order valence-electron chi connectivity index (χ1n) is 5.34. The Morgan fingerprint density at radius 3 is 2.23 bits per heavy atom. The van der Waals surface area contributed by atoms with Crippen LogP contribution in [0.5, 0.6) is 0 Å². The molecule has 0 aromatic carbocycles. The van der Waals surface area contributed by atoms with E-state index in [-0.39, 0.29) is 6.61 Å². The van der Waals surface area contributed by atoms with E-state index in [2.05, 4.69) is 19.1 Å². The summed E-state index contributed by atoms with van der Waals surface area (Å²) in [5.74, 6) is 0. The molecule has 1 heteroatoms. The highest BCUT2D eigenvalue weighted by Crippen LogP contribution is 2.02. The lowest BCUT2D eigenvalue weighted by atomic mass is 10.1. The molecule has 0 bridgehead atoms. The molecule has 0 atom stereocenters. The molecule has 1 nitrogen and oxygen atoms in total. The van der Waals surface area contributed by atoms with Gasteiger partial charge in [0, 0.05) is 6.61 Å². The molecule has 0 aromatic rings. The number of hydrogen-bond acceptors (Lipinski definition) is 1. The summed E-state index contributed by atoms with van der Waals surface area (Å²) < 4.78 is 0. The molecule has 13 heavy (non-hydrogen) atoms. The summed E-state index contributed by atoms with van der Waals surface area (Å²) in [4.78, 5) is 0. The fourth-order valence-corrected chi connectivity index (χ4v) is 1.11. The Hall–Kier alpha value is -0.560. The Balaban J connectivity index is 3.12. The standard InChI is InChI=1S/C12H22O/c1-2-3-4-5-6-7-8-9-10-11-12-13/h7-10,13H,2-6,11-12H2,1H3/b8-7+,10-9?. The highest BCUT2D eigenvalue weighted by Gasteiger charge is 1.82. The molecule has 76 valence electrons. The van der Waals surface area contributed by atoms with Crippen molar-refractivity contribution in [2.45, 2.75) is 45.4 Å². The predicted octanol–water partition coefficient (Wildman–Crippen LogP) is 3.45. The second-order valence-electron chi connectivity index (χ2n) is 3.22. The Morgan fingerprint density at radius 2 is 1.62 bits per heavy atom. The maximum atomic E-state index is 8.49. The maximum Gasteiger partial charge on any atom is 0.0465 e. The number of unbranched alkanes of at least 4 members (excludes halogenated alkanes) is 4. The summed E-state index contributed by atoms with van der Waals surface area (Å²) >= 11 is 0. The maximum absolute atomic E-state index is 8.49. The van der Waals surface area contributed by atoms with Gasteiger partial charge in [-0.1, -0.05) is 50.5 Å². The van der Waals surface area contributed by atoms with Crippen LogP contribution in [0, 0.1) is 0 Å². The monoisotopic (exact) mass is 182 g/mol. The van der Waals surface area contributed by atoms with Crippen LogP contribution >= 0.6 is 0 Å². The van der Waals surface area contributed by atoms with Crippen molar-refractivity contribution in [3.05, 3.63) is 24.3 Å². The Bertz CT molecular complexity index is 136. The topological polar surface area (TPSA) is 20.2 Å². The molecule has 0 saturated heterocycles. The van der Waals surface area contributed by atoms with Gasteiger partial charge in [0.05, 0.1) is 0 Å². The zero-order chi connectivity index (χ0) is 9.78. The van der Waals surface area contributed by atoms with Crippen LogP contribution in [-0.2, 0) is 0 Å². The van der Waals surface area contributed by atoms with E-state index in [9.17, 15) is 0 Å². The van der Waals surface area contributed by atoms with Crippen LogP contribution in [0.1, 0.15) is 45.4 Å². The largest absolute Gasteiger partial charge is 0.396 e. The first-order chi connectivity index (χ1) is 6.41. The van der Waals surface area contributed by atoms with Crippen molar-refractivity contribution in [1.82, 2.24) is 0 Å². The van der Waals surface area contributed by atoms with Gasteiger partial charge in [-0.2, -0.15) is 0 Å². The molecule has 0 aromatic heterocycles. The van der Waals surface area contributed by atoms with Crippen LogP contribution in [0.25, 0.3) is 0 Å². The average Bonchev–Trinajstić information content (AvgIpc) is 2.16. The first-order valence-corrected chi connectivity index (χ1v) is 5.34. The van der Waals surface area contributed by atoms with E-state index < -0.39 is 0 Å². The minimum atomic E-state index is 0.251. The van der Waals surface area contributed by atoms with Crippen LogP contribution < -0.4 is 0 Å². The minimum absolute atomic E-state index is 0.251. The second-order valence-corrected chi connectivity index (χ2v) is 3.22. The van der Waals surface area contributed by atoms with Gasteiger partial charge in [0.15, 0.2) is 0 Å².